The maximum Gasteiger partial charge on any atom is 0.407 e. The Labute approximate surface area is 147 Å². The fourth-order valence-corrected chi connectivity index (χ4v) is 2.08. The third kappa shape index (κ3) is 6.25. The number of rotatable bonds is 6. The van der Waals surface area contributed by atoms with E-state index >= 15 is 0 Å². The first kappa shape index (κ1) is 18.4. The van der Waals surface area contributed by atoms with Crippen LogP contribution in [0, 0.1) is 0 Å². The van der Waals surface area contributed by atoms with Gasteiger partial charge in [-0.3, -0.25) is 4.79 Å². The van der Waals surface area contributed by atoms with Gasteiger partial charge in [-0.15, -0.1) is 0 Å². The second kappa shape index (κ2) is 8.28. The zero-order valence-corrected chi connectivity index (χ0v) is 14.6. The summed E-state index contributed by atoms with van der Waals surface area (Å²) in [6.45, 7) is 5.99. The lowest BCUT2D eigenvalue weighted by atomic mass is 10.0. The van der Waals surface area contributed by atoms with E-state index in [2.05, 4.69) is 10.3 Å². The van der Waals surface area contributed by atoms with Crippen LogP contribution in [0.2, 0.25) is 0 Å². The number of amides is 1. The van der Waals surface area contributed by atoms with Crippen LogP contribution in [0.1, 0.15) is 31.1 Å². The molecule has 0 radical (unpaired) electrons. The van der Waals surface area contributed by atoms with E-state index in [-0.39, 0.29) is 6.61 Å². The summed E-state index contributed by atoms with van der Waals surface area (Å²) in [7, 11) is 0. The standard InChI is InChI=1S/C19H22N2O4/c1-19(2,3)25-18(23)21-9-10-24-17-12-16(7-8-20-17)15-6-4-5-14(11-15)13-22/h4-8,11-13H,9-10H2,1-3H3,(H,21,23). The Morgan fingerprint density at radius 2 is 1.96 bits per heavy atom. The number of nitrogens with one attached hydrogen (secondary N) is 1. The molecule has 25 heavy (non-hydrogen) atoms. The van der Waals surface area contributed by atoms with Crippen LogP contribution >= 0.6 is 0 Å². The van der Waals surface area contributed by atoms with E-state index in [1.807, 2.05) is 18.2 Å². The van der Waals surface area contributed by atoms with E-state index in [1.54, 1.807) is 45.2 Å². The van der Waals surface area contributed by atoms with Crippen molar-refractivity contribution in [1.82, 2.24) is 10.3 Å². The topological polar surface area (TPSA) is 77.5 Å². The van der Waals surface area contributed by atoms with Gasteiger partial charge in [0.05, 0.1) is 6.54 Å². The molecule has 2 aromatic rings. The van der Waals surface area contributed by atoms with E-state index < -0.39 is 11.7 Å². The summed E-state index contributed by atoms with van der Waals surface area (Å²) in [6.07, 6.45) is 1.97. The van der Waals surface area contributed by atoms with Crippen LogP contribution in [-0.2, 0) is 4.74 Å². The molecule has 0 saturated carbocycles. The van der Waals surface area contributed by atoms with Gasteiger partial charge >= 0.3 is 6.09 Å². The molecule has 0 aliphatic carbocycles. The maximum absolute atomic E-state index is 11.5. The zero-order valence-electron chi connectivity index (χ0n) is 14.6. The summed E-state index contributed by atoms with van der Waals surface area (Å²) in [5.74, 6) is 0.444. The van der Waals surface area contributed by atoms with Crippen molar-refractivity contribution in [3.63, 3.8) is 0 Å². The number of alkyl carbamates (subject to hydrolysis) is 1. The van der Waals surface area contributed by atoms with Gasteiger partial charge < -0.3 is 14.8 Å². The van der Waals surface area contributed by atoms with Gasteiger partial charge in [0.1, 0.15) is 18.5 Å². The van der Waals surface area contributed by atoms with Crippen molar-refractivity contribution in [3.05, 3.63) is 48.2 Å². The lowest BCUT2D eigenvalue weighted by Gasteiger charge is -2.19. The van der Waals surface area contributed by atoms with Gasteiger partial charge in [0.15, 0.2) is 0 Å². The van der Waals surface area contributed by atoms with E-state index in [0.29, 0.717) is 18.0 Å². The molecule has 6 heteroatoms. The number of benzene rings is 1. The first-order chi connectivity index (χ1) is 11.9. The molecule has 6 nitrogen and oxygen atoms in total. The van der Waals surface area contributed by atoms with Crippen molar-refractivity contribution in [1.29, 1.82) is 0 Å². The molecule has 1 amide bonds. The minimum atomic E-state index is -0.531. The normalized spacial score (nSPS) is 10.8. The number of carbonyl (C=O) groups is 2. The Morgan fingerprint density at radius 3 is 2.68 bits per heavy atom. The number of nitrogens with zero attached hydrogens (tertiary/aromatic N) is 1. The third-order valence-corrected chi connectivity index (χ3v) is 3.11. The number of ether oxygens (including phenoxy) is 2. The van der Waals surface area contributed by atoms with E-state index in [9.17, 15) is 9.59 Å². The van der Waals surface area contributed by atoms with Crippen LogP contribution in [0.25, 0.3) is 11.1 Å². The number of carbonyl (C=O) groups excluding carboxylic acids is 2. The molecule has 0 saturated heterocycles. The third-order valence-electron chi connectivity index (χ3n) is 3.11. The van der Waals surface area contributed by atoms with Gasteiger partial charge in [-0.2, -0.15) is 0 Å². The van der Waals surface area contributed by atoms with E-state index in [0.717, 1.165) is 17.4 Å². The Kier molecular flexibility index (Phi) is 6.11. The van der Waals surface area contributed by atoms with E-state index in [1.165, 1.54) is 0 Å². The minimum Gasteiger partial charge on any atom is -0.476 e. The molecular weight excluding hydrogens is 320 g/mol. The largest absolute Gasteiger partial charge is 0.476 e. The van der Waals surface area contributed by atoms with Gasteiger partial charge in [0, 0.05) is 17.8 Å². The number of aldehydes is 1. The highest BCUT2D eigenvalue weighted by molar-refractivity contribution is 5.78. The second-order valence-electron chi connectivity index (χ2n) is 6.40. The molecule has 0 aliphatic heterocycles. The Balaban J connectivity index is 1.89. The van der Waals surface area contributed by atoms with Crippen molar-refractivity contribution >= 4 is 12.4 Å². The van der Waals surface area contributed by atoms with Crippen LogP contribution < -0.4 is 10.1 Å². The highest BCUT2D eigenvalue weighted by Crippen LogP contribution is 2.22. The van der Waals surface area contributed by atoms with Gasteiger partial charge in [0.2, 0.25) is 5.88 Å². The highest BCUT2D eigenvalue weighted by atomic mass is 16.6. The van der Waals surface area contributed by atoms with Crippen LogP contribution in [-0.4, -0.2) is 36.1 Å². The van der Waals surface area contributed by atoms with Crippen LogP contribution in [0.4, 0.5) is 4.79 Å². The Bertz CT molecular complexity index is 738. The predicted octanol–water partition coefficient (Wildman–Crippen LogP) is 3.46. The summed E-state index contributed by atoms with van der Waals surface area (Å²) in [5.41, 5.74) is 1.88. The molecular formula is C19H22N2O4. The molecule has 1 aromatic heterocycles. The average molecular weight is 342 g/mol. The Hall–Kier alpha value is -2.89. The number of hydrogen-bond donors (Lipinski definition) is 1. The first-order valence-corrected chi connectivity index (χ1v) is 7.99. The van der Waals surface area contributed by atoms with E-state index in [4.69, 9.17) is 9.47 Å². The summed E-state index contributed by atoms with van der Waals surface area (Å²) in [5, 5.41) is 2.62. The smallest absolute Gasteiger partial charge is 0.407 e. The summed E-state index contributed by atoms with van der Waals surface area (Å²) < 4.78 is 10.7. The lowest BCUT2D eigenvalue weighted by molar-refractivity contribution is 0.0519. The monoisotopic (exact) mass is 342 g/mol. The van der Waals surface area contributed by atoms with Crippen LogP contribution in [0.15, 0.2) is 42.6 Å². The molecule has 132 valence electrons. The molecule has 0 fully saturated rings. The van der Waals surface area contributed by atoms with Gasteiger partial charge in [-0.05, 0) is 44.0 Å². The molecule has 1 heterocycles. The molecule has 0 atom stereocenters. The molecule has 1 aromatic carbocycles. The molecule has 0 unspecified atom stereocenters. The first-order valence-electron chi connectivity index (χ1n) is 7.99. The maximum atomic E-state index is 11.5. The summed E-state index contributed by atoms with van der Waals surface area (Å²) in [4.78, 5) is 26.6. The fraction of sp³-hybridized carbons (Fsp3) is 0.316. The predicted molar refractivity (Wildman–Crippen MR) is 94.8 cm³/mol. The minimum absolute atomic E-state index is 0.268. The van der Waals surface area contributed by atoms with Crippen molar-refractivity contribution < 1.29 is 19.1 Å². The number of pyridine rings is 1. The zero-order chi connectivity index (χ0) is 18.3. The molecule has 0 spiro atoms. The molecule has 1 N–H and O–H groups in total. The number of hydrogen-bond acceptors (Lipinski definition) is 5. The van der Waals surface area contributed by atoms with Crippen LogP contribution in [0.5, 0.6) is 5.88 Å². The summed E-state index contributed by atoms with van der Waals surface area (Å²) >= 11 is 0. The van der Waals surface area contributed by atoms with Crippen molar-refractivity contribution in [2.75, 3.05) is 13.2 Å². The molecule has 2 rings (SSSR count). The van der Waals surface area contributed by atoms with Gasteiger partial charge in [0.25, 0.3) is 0 Å². The highest BCUT2D eigenvalue weighted by Gasteiger charge is 2.15. The Morgan fingerprint density at radius 1 is 1.20 bits per heavy atom. The number of aromatic nitrogens is 1. The average Bonchev–Trinajstić information content (AvgIpc) is 2.57. The summed E-state index contributed by atoms with van der Waals surface area (Å²) in [6, 6.07) is 10.9. The SMILES string of the molecule is CC(C)(C)OC(=O)NCCOc1cc(-c2cccc(C=O)c2)ccn1. The van der Waals surface area contributed by atoms with Crippen molar-refractivity contribution in [2.45, 2.75) is 26.4 Å². The van der Waals surface area contributed by atoms with Crippen molar-refractivity contribution in [2.24, 2.45) is 0 Å². The van der Waals surface area contributed by atoms with Gasteiger partial charge in [-0.25, -0.2) is 9.78 Å². The lowest BCUT2D eigenvalue weighted by Crippen LogP contribution is -2.34. The molecule has 0 bridgehead atoms. The fourth-order valence-electron chi connectivity index (χ4n) is 2.08. The van der Waals surface area contributed by atoms with Crippen molar-refractivity contribution in [3.8, 4) is 17.0 Å². The van der Waals surface area contributed by atoms with Gasteiger partial charge in [-0.1, -0.05) is 18.2 Å². The molecule has 0 aliphatic rings. The quantitative estimate of drug-likeness (QED) is 0.642. The second-order valence-corrected chi connectivity index (χ2v) is 6.40. The van der Waals surface area contributed by atoms with Crippen LogP contribution in [0.3, 0.4) is 0 Å².